The van der Waals surface area contributed by atoms with Crippen molar-refractivity contribution in [3.63, 3.8) is 0 Å². The predicted octanol–water partition coefficient (Wildman–Crippen LogP) is 4.99. The molecule has 0 bridgehead atoms. The molecule has 4 aromatic heterocycles. The molecule has 33 heavy (non-hydrogen) atoms. The van der Waals surface area contributed by atoms with Crippen LogP contribution in [-0.2, 0) is 0 Å². The third-order valence-electron chi connectivity index (χ3n) is 5.12. The van der Waals surface area contributed by atoms with Gasteiger partial charge in [-0.25, -0.2) is 4.98 Å². The Hall–Kier alpha value is -3.57. The van der Waals surface area contributed by atoms with Crippen molar-refractivity contribution in [1.82, 2.24) is 20.2 Å². The van der Waals surface area contributed by atoms with Crippen molar-refractivity contribution >= 4 is 33.3 Å². The summed E-state index contributed by atoms with van der Waals surface area (Å²) < 4.78 is 22.9. The smallest absolute Gasteiger partial charge is 0.277 e. The molecular weight excluding hydrogens is 464 g/mol. The van der Waals surface area contributed by atoms with Gasteiger partial charge in [-0.2, -0.15) is 0 Å². The molecule has 0 fully saturated rings. The molecule has 5 aromatic rings. The number of rotatable bonds is 5. The lowest BCUT2D eigenvalue weighted by molar-refractivity contribution is 0.0686. The summed E-state index contributed by atoms with van der Waals surface area (Å²) in [6, 6.07) is 11.0. The summed E-state index contributed by atoms with van der Waals surface area (Å²) in [5, 5.41) is 10.8. The molecular formula is C22H16N4O5S2. The molecule has 0 saturated carbocycles. The number of fused-ring (bicyclic) bond motifs is 2. The Morgan fingerprint density at radius 3 is 2.91 bits per heavy atom. The molecule has 1 aliphatic rings. The Bertz CT molecular complexity index is 1490. The number of benzene rings is 1. The molecule has 166 valence electrons. The van der Waals surface area contributed by atoms with Gasteiger partial charge in [-0.05, 0) is 31.2 Å². The molecule has 11 heteroatoms. The Morgan fingerprint density at radius 1 is 1.18 bits per heavy atom. The van der Waals surface area contributed by atoms with Crippen LogP contribution in [0.3, 0.4) is 0 Å². The minimum atomic E-state index is -0.488. The molecule has 0 amide bonds. The van der Waals surface area contributed by atoms with Gasteiger partial charge in [0.15, 0.2) is 11.5 Å². The highest BCUT2D eigenvalue weighted by Gasteiger charge is 2.28. The van der Waals surface area contributed by atoms with Crippen molar-refractivity contribution in [2.45, 2.75) is 23.5 Å². The predicted molar refractivity (Wildman–Crippen MR) is 122 cm³/mol. The molecule has 1 aromatic carbocycles. The topological polar surface area (TPSA) is 116 Å². The molecule has 5 heterocycles. The Balaban J connectivity index is 1.21. The van der Waals surface area contributed by atoms with Gasteiger partial charge in [0.05, 0.1) is 16.9 Å². The zero-order valence-electron chi connectivity index (χ0n) is 17.2. The first-order valence-corrected chi connectivity index (χ1v) is 11.9. The van der Waals surface area contributed by atoms with Gasteiger partial charge in [0.2, 0.25) is 6.10 Å². The third kappa shape index (κ3) is 3.68. The molecule has 2 atom stereocenters. The van der Waals surface area contributed by atoms with Crippen LogP contribution in [0.5, 0.6) is 11.5 Å². The molecule has 0 spiro atoms. The van der Waals surface area contributed by atoms with E-state index in [1.54, 1.807) is 12.3 Å². The number of hydrogen-bond donors (Lipinski definition) is 1. The van der Waals surface area contributed by atoms with Gasteiger partial charge in [0.25, 0.3) is 16.7 Å². The Kier molecular flexibility index (Phi) is 4.92. The number of para-hydroxylation sites is 2. The molecule has 1 N–H and O–H groups in total. The third-order valence-corrected chi connectivity index (χ3v) is 6.93. The number of aromatic nitrogens is 4. The highest BCUT2D eigenvalue weighted by Crippen LogP contribution is 2.38. The van der Waals surface area contributed by atoms with E-state index in [1.807, 2.05) is 42.6 Å². The quantitative estimate of drug-likeness (QED) is 0.347. The van der Waals surface area contributed by atoms with Crippen LogP contribution in [0.15, 0.2) is 66.9 Å². The van der Waals surface area contributed by atoms with Crippen LogP contribution in [-0.4, -0.2) is 26.8 Å². The average molecular weight is 481 g/mol. The number of H-pyrrole nitrogens is 1. The van der Waals surface area contributed by atoms with Crippen LogP contribution in [0.25, 0.3) is 21.5 Å². The van der Waals surface area contributed by atoms with Crippen LogP contribution >= 0.6 is 23.1 Å². The lowest BCUT2D eigenvalue weighted by Gasteiger charge is -2.23. The summed E-state index contributed by atoms with van der Waals surface area (Å²) in [4.78, 5) is 21.0. The largest absolute Gasteiger partial charge is 0.485 e. The summed E-state index contributed by atoms with van der Waals surface area (Å²) in [6.07, 6.45) is 1.09. The van der Waals surface area contributed by atoms with Crippen molar-refractivity contribution in [2.24, 2.45) is 0 Å². The Labute approximate surface area is 194 Å². The van der Waals surface area contributed by atoms with Crippen molar-refractivity contribution < 1.29 is 18.3 Å². The molecule has 6 rings (SSSR count). The number of nitrogens with zero attached hydrogens (tertiary/aromatic N) is 3. The van der Waals surface area contributed by atoms with Crippen LogP contribution in [0.2, 0.25) is 0 Å². The Morgan fingerprint density at radius 2 is 2.06 bits per heavy atom. The van der Waals surface area contributed by atoms with Crippen LogP contribution in [0, 0.1) is 0 Å². The summed E-state index contributed by atoms with van der Waals surface area (Å²) >= 11 is 2.71. The maximum absolute atomic E-state index is 12.8. The second kappa shape index (κ2) is 8.09. The van der Waals surface area contributed by atoms with Gasteiger partial charge in [-0.3, -0.25) is 4.79 Å². The van der Waals surface area contributed by atoms with E-state index in [-0.39, 0.29) is 17.4 Å². The molecule has 0 saturated heterocycles. The van der Waals surface area contributed by atoms with Crippen molar-refractivity contribution in [3.05, 3.63) is 70.1 Å². The van der Waals surface area contributed by atoms with E-state index in [4.69, 9.17) is 18.3 Å². The lowest BCUT2D eigenvalue weighted by Crippen LogP contribution is -2.21. The second-order valence-electron chi connectivity index (χ2n) is 7.29. The normalized spacial score (nSPS) is 16.2. The monoisotopic (exact) mass is 480 g/mol. The van der Waals surface area contributed by atoms with Gasteiger partial charge in [-0.15, -0.1) is 21.5 Å². The van der Waals surface area contributed by atoms with Gasteiger partial charge in [-0.1, -0.05) is 23.9 Å². The second-order valence-corrected chi connectivity index (χ2v) is 9.44. The molecule has 2 unspecified atom stereocenters. The summed E-state index contributed by atoms with van der Waals surface area (Å²) in [5.74, 6) is 2.81. The molecule has 0 aliphatic carbocycles. The standard InChI is InChI=1S/C22H16N4O5S2/c1-11(18-23-19(27)17-12(10-32-21(17)24-18)13-7-4-8-28-13)33-22-26-25-20(31-22)16-9-29-14-5-2-3-6-15(14)30-16/h2-8,10-11,16H,9H2,1H3,(H,23,24,27). The fourth-order valence-corrected chi connectivity index (χ4v) is 5.20. The summed E-state index contributed by atoms with van der Waals surface area (Å²) in [5.41, 5.74) is 0.520. The molecule has 0 radical (unpaired) electrons. The SMILES string of the molecule is CC(Sc1nnc(C2COc3ccccc3O2)o1)c1nc2scc(-c3ccco3)c2c(=O)[nH]1. The summed E-state index contributed by atoms with van der Waals surface area (Å²) in [7, 11) is 0. The van der Waals surface area contributed by atoms with Crippen LogP contribution in [0.1, 0.15) is 30.0 Å². The number of furan rings is 1. The number of thioether (sulfide) groups is 1. The van der Waals surface area contributed by atoms with E-state index < -0.39 is 6.10 Å². The van der Waals surface area contributed by atoms with E-state index in [0.717, 1.165) is 5.56 Å². The van der Waals surface area contributed by atoms with E-state index >= 15 is 0 Å². The first-order chi connectivity index (χ1) is 16.2. The zero-order valence-corrected chi connectivity index (χ0v) is 18.8. The minimum Gasteiger partial charge on any atom is -0.485 e. The van der Waals surface area contributed by atoms with Crippen molar-refractivity contribution in [1.29, 1.82) is 0 Å². The first kappa shape index (κ1) is 20.1. The van der Waals surface area contributed by atoms with Crippen molar-refractivity contribution in [2.75, 3.05) is 6.61 Å². The van der Waals surface area contributed by atoms with E-state index in [9.17, 15) is 4.79 Å². The highest BCUT2D eigenvalue weighted by atomic mass is 32.2. The van der Waals surface area contributed by atoms with Crippen molar-refractivity contribution in [3.8, 4) is 22.8 Å². The summed E-state index contributed by atoms with van der Waals surface area (Å²) in [6.45, 7) is 2.19. The molecule has 9 nitrogen and oxygen atoms in total. The highest BCUT2D eigenvalue weighted by molar-refractivity contribution is 7.99. The number of hydrogen-bond acceptors (Lipinski definition) is 10. The zero-order chi connectivity index (χ0) is 22.4. The van der Waals surface area contributed by atoms with E-state index in [2.05, 4.69) is 20.2 Å². The number of aromatic amines is 1. The minimum absolute atomic E-state index is 0.215. The van der Waals surface area contributed by atoms with Gasteiger partial charge < -0.3 is 23.3 Å². The van der Waals surface area contributed by atoms with E-state index in [1.165, 1.54) is 23.1 Å². The fourth-order valence-electron chi connectivity index (χ4n) is 3.52. The van der Waals surface area contributed by atoms with Gasteiger partial charge in [0.1, 0.15) is 23.0 Å². The van der Waals surface area contributed by atoms with Gasteiger partial charge >= 0.3 is 0 Å². The lowest BCUT2D eigenvalue weighted by atomic mass is 10.2. The number of thiophene rings is 1. The maximum atomic E-state index is 12.8. The fraction of sp³-hybridized carbons (Fsp3) is 0.182. The molecule has 1 aliphatic heterocycles. The van der Waals surface area contributed by atoms with E-state index in [0.29, 0.717) is 44.4 Å². The number of ether oxygens (including phenoxy) is 2. The van der Waals surface area contributed by atoms with Gasteiger partial charge in [0, 0.05) is 10.9 Å². The first-order valence-electron chi connectivity index (χ1n) is 10.1. The number of nitrogens with one attached hydrogen (secondary N) is 1. The van der Waals surface area contributed by atoms with Crippen LogP contribution < -0.4 is 15.0 Å². The maximum Gasteiger partial charge on any atom is 0.277 e. The van der Waals surface area contributed by atoms with Crippen LogP contribution in [0.4, 0.5) is 0 Å². The average Bonchev–Trinajstić information content (AvgIpc) is 3.59.